The van der Waals surface area contributed by atoms with Gasteiger partial charge < -0.3 is 24.9 Å². The maximum atomic E-state index is 13.4. The zero-order chi connectivity index (χ0) is 25.8. The number of likely N-dealkylation sites (tertiary alicyclic amines) is 1. The normalized spacial score (nSPS) is 18.1. The quantitative estimate of drug-likeness (QED) is 0.480. The van der Waals surface area contributed by atoms with Gasteiger partial charge in [0.05, 0.1) is 17.1 Å². The molecule has 14 heteroatoms. The molecule has 1 aromatic carbocycles. The first-order valence-electron chi connectivity index (χ1n) is 10.2. The second kappa shape index (κ2) is 10.8. The minimum Gasteiger partial charge on any atom is -0.484 e. The molecule has 1 aliphatic heterocycles. The van der Waals surface area contributed by atoms with E-state index in [1.54, 1.807) is 0 Å². The lowest BCUT2D eigenvalue weighted by Crippen LogP contribution is -2.58. The summed E-state index contributed by atoms with van der Waals surface area (Å²) in [5.74, 6) is -2.08. The van der Waals surface area contributed by atoms with Crippen LogP contribution in [0.1, 0.15) is 24.2 Å². The number of halogens is 5. The fourth-order valence-electron chi connectivity index (χ4n) is 3.47. The number of ether oxygens (including phenoxy) is 1. The lowest BCUT2D eigenvalue weighted by atomic mass is 9.98. The van der Waals surface area contributed by atoms with Gasteiger partial charge in [0.25, 0.3) is 5.91 Å². The molecule has 2 atom stereocenters. The van der Waals surface area contributed by atoms with Crippen molar-refractivity contribution < 1.29 is 46.2 Å². The third kappa shape index (κ3) is 7.01. The fourth-order valence-corrected chi connectivity index (χ4v) is 3.59. The van der Waals surface area contributed by atoms with Gasteiger partial charge in [0.15, 0.2) is 6.61 Å². The molecule has 0 aliphatic carbocycles. The van der Waals surface area contributed by atoms with Crippen molar-refractivity contribution in [1.82, 2.24) is 15.5 Å². The van der Waals surface area contributed by atoms with Gasteiger partial charge in [-0.05, 0) is 31.0 Å². The maximum absolute atomic E-state index is 13.4. The molecule has 1 saturated heterocycles. The Labute approximate surface area is 201 Å². The van der Waals surface area contributed by atoms with Crippen LogP contribution in [0.3, 0.4) is 0 Å². The molecule has 9 nitrogen and oxygen atoms in total. The van der Waals surface area contributed by atoms with Crippen LogP contribution in [0.15, 0.2) is 34.9 Å². The molecule has 2 heterocycles. The van der Waals surface area contributed by atoms with Gasteiger partial charge in [-0.15, -0.1) is 0 Å². The minimum absolute atomic E-state index is 0.0539. The van der Waals surface area contributed by atoms with E-state index in [4.69, 9.17) is 20.8 Å². The molecule has 190 valence electrons. The van der Waals surface area contributed by atoms with Crippen LogP contribution in [0.2, 0.25) is 5.02 Å². The first-order chi connectivity index (χ1) is 16.4. The van der Waals surface area contributed by atoms with Gasteiger partial charge >= 0.3 is 12.3 Å². The highest BCUT2D eigenvalue weighted by molar-refractivity contribution is 6.30. The smallest absolute Gasteiger partial charge is 0.419 e. The van der Waals surface area contributed by atoms with Gasteiger partial charge in [-0.2, -0.15) is 13.2 Å². The fraction of sp³-hybridized carbons (Fsp3) is 0.381. The zero-order valence-corrected chi connectivity index (χ0v) is 18.7. The van der Waals surface area contributed by atoms with Crippen molar-refractivity contribution in [2.24, 2.45) is 0 Å². The first-order valence-corrected chi connectivity index (χ1v) is 10.6. The van der Waals surface area contributed by atoms with Crippen LogP contribution in [0.25, 0.3) is 0 Å². The summed E-state index contributed by atoms with van der Waals surface area (Å²) in [6.07, 6.45) is -5.17. The Bertz CT molecular complexity index is 1090. The predicted molar refractivity (Wildman–Crippen MR) is 112 cm³/mol. The van der Waals surface area contributed by atoms with Crippen molar-refractivity contribution in [2.45, 2.75) is 37.6 Å². The van der Waals surface area contributed by atoms with E-state index in [0.29, 0.717) is 6.26 Å². The Morgan fingerprint density at radius 1 is 1.23 bits per heavy atom. The van der Waals surface area contributed by atoms with Crippen LogP contribution >= 0.6 is 11.6 Å². The van der Waals surface area contributed by atoms with E-state index in [1.165, 1.54) is 12.1 Å². The molecule has 0 spiro atoms. The van der Waals surface area contributed by atoms with Crippen molar-refractivity contribution >= 4 is 29.5 Å². The molecule has 1 aromatic heterocycles. The van der Waals surface area contributed by atoms with Crippen LogP contribution in [-0.4, -0.2) is 53.1 Å². The number of carbonyl (C=O) groups excluding carboxylic acids is 2. The highest BCUT2D eigenvalue weighted by Gasteiger charge is 2.37. The molecule has 1 aliphatic rings. The Balaban J connectivity index is 1.50. The third-order valence-corrected chi connectivity index (χ3v) is 5.48. The van der Waals surface area contributed by atoms with Crippen molar-refractivity contribution in [3.8, 4) is 5.75 Å². The van der Waals surface area contributed by atoms with E-state index in [2.05, 4.69) is 10.6 Å². The van der Waals surface area contributed by atoms with E-state index in [0.717, 1.165) is 17.0 Å². The predicted octanol–water partition coefficient (Wildman–Crippen LogP) is 3.41. The van der Waals surface area contributed by atoms with E-state index in [1.807, 2.05) is 0 Å². The van der Waals surface area contributed by atoms with Gasteiger partial charge in [0.1, 0.15) is 29.6 Å². The van der Waals surface area contributed by atoms with Crippen molar-refractivity contribution in [1.29, 1.82) is 0 Å². The summed E-state index contributed by atoms with van der Waals surface area (Å²) in [6, 6.07) is 2.67. The van der Waals surface area contributed by atoms with E-state index >= 15 is 0 Å². The van der Waals surface area contributed by atoms with Crippen LogP contribution in [0.4, 0.5) is 22.4 Å². The maximum Gasteiger partial charge on any atom is 0.419 e. The summed E-state index contributed by atoms with van der Waals surface area (Å²) in [5.41, 5.74) is -1.00. The van der Waals surface area contributed by atoms with E-state index in [9.17, 15) is 37.1 Å². The zero-order valence-electron chi connectivity index (χ0n) is 17.9. The molecule has 3 N–H and O–H groups in total. The monoisotopic (exact) mass is 521 g/mol. The summed E-state index contributed by atoms with van der Waals surface area (Å²) >= 11 is 5.58. The average molecular weight is 522 g/mol. The molecule has 0 radical (unpaired) electrons. The summed E-state index contributed by atoms with van der Waals surface area (Å²) in [6.45, 7) is -1.02. The Morgan fingerprint density at radius 2 is 1.97 bits per heavy atom. The average Bonchev–Trinajstić information content (AvgIpc) is 3.28. The number of nitrogens with zero attached hydrogens (tertiary/aromatic N) is 1. The number of nitrogens with one attached hydrogen (secondary N) is 2. The van der Waals surface area contributed by atoms with Gasteiger partial charge in [0, 0.05) is 18.7 Å². The number of carboxylic acid groups (broad SMARTS) is 1. The lowest BCUT2D eigenvalue weighted by molar-refractivity contribution is -0.138. The lowest BCUT2D eigenvalue weighted by Gasteiger charge is -2.37. The van der Waals surface area contributed by atoms with Crippen LogP contribution in [-0.2, 0) is 22.3 Å². The molecule has 35 heavy (non-hydrogen) atoms. The third-order valence-electron chi connectivity index (χ3n) is 5.17. The minimum atomic E-state index is -4.59. The number of alkyl halides is 3. The Morgan fingerprint density at radius 3 is 2.60 bits per heavy atom. The number of amides is 3. The highest BCUT2D eigenvalue weighted by Crippen LogP contribution is 2.30. The number of piperidine rings is 1. The van der Waals surface area contributed by atoms with Gasteiger partial charge in [-0.1, -0.05) is 11.6 Å². The number of carbonyl (C=O) groups is 3. The van der Waals surface area contributed by atoms with Gasteiger partial charge in [-0.25, -0.2) is 9.18 Å². The van der Waals surface area contributed by atoms with Crippen molar-refractivity contribution in [3.63, 3.8) is 0 Å². The van der Waals surface area contributed by atoms with E-state index in [-0.39, 0.29) is 42.5 Å². The molecular weight excluding hydrogens is 502 g/mol. The number of hydrogen-bond donors (Lipinski definition) is 3. The number of rotatable bonds is 7. The largest absolute Gasteiger partial charge is 0.484 e. The second-order valence-electron chi connectivity index (χ2n) is 7.67. The van der Waals surface area contributed by atoms with Crippen LogP contribution < -0.4 is 15.4 Å². The van der Waals surface area contributed by atoms with Crippen LogP contribution in [0.5, 0.6) is 5.75 Å². The van der Waals surface area contributed by atoms with Gasteiger partial charge in [-0.3, -0.25) is 14.5 Å². The molecule has 0 bridgehead atoms. The molecule has 0 unspecified atom stereocenters. The molecule has 2 aromatic rings. The Hall–Kier alpha value is -3.48. The number of benzene rings is 1. The molecule has 3 amide bonds. The van der Waals surface area contributed by atoms with Crippen molar-refractivity contribution in [3.05, 3.63) is 52.7 Å². The van der Waals surface area contributed by atoms with Crippen molar-refractivity contribution in [2.75, 3.05) is 13.2 Å². The second-order valence-corrected chi connectivity index (χ2v) is 8.08. The number of furan rings is 1. The Kier molecular flexibility index (Phi) is 8.10. The SMILES string of the molecule is O=C(COc1ccc(Cl)c(F)c1)N[C@H]1CC[C@H](C(=O)NCc2cc(C(F)(F)F)co2)N(C(=O)O)C1. The summed E-state index contributed by atoms with van der Waals surface area (Å²) < 4.78 is 61.4. The van der Waals surface area contributed by atoms with Crippen LogP contribution in [0, 0.1) is 5.82 Å². The molecule has 1 fully saturated rings. The topological polar surface area (TPSA) is 121 Å². The summed E-state index contributed by atoms with van der Waals surface area (Å²) in [4.78, 5) is 37.2. The summed E-state index contributed by atoms with van der Waals surface area (Å²) in [7, 11) is 0. The number of hydrogen-bond acceptors (Lipinski definition) is 5. The summed E-state index contributed by atoms with van der Waals surface area (Å²) in [5, 5.41) is 14.4. The molecule has 0 saturated carbocycles. The standard InChI is InChI=1S/C21H20ClF4N3O6/c22-15-3-2-13(6-16(15)23)35-10-18(30)28-12-1-4-17(29(8-12)20(32)33)19(31)27-7-14-5-11(9-34-14)21(24,25)26/h2-3,5-6,9,12,17H,1,4,7-8,10H2,(H,27,31)(H,28,30)(H,32,33)/t12-,17+/m0/s1. The van der Waals surface area contributed by atoms with Gasteiger partial charge in [0.2, 0.25) is 5.91 Å². The highest BCUT2D eigenvalue weighted by atomic mass is 35.5. The first kappa shape index (κ1) is 26.1. The molecular formula is C21H20ClF4N3O6. The molecule has 3 rings (SSSR count). The van der Waals surface area contributed by atoms with E-state index < -0.39 is 54.2 Å².